The van der Waals surface area contributed by atoms with Gasteiger partial charge in [0.05, 0.1) is 23.9 Å². The monoisotopic (exact) mass is 397 g/mol. The number of methoxy groups -OCH3 is 1. The predicted molar refractivity (Wildman–Crippen MR) is 112 cm³/mol. The molecule has 0 saturated carbocycles. The number of aromatic nitrogens is 1. The van der Waals surface area contributed by atoms with Gasteiger partial charge in [0, 0.05) is 5.69 Å². The second kappa shape index (κ2) is 7.90. The molecule has 0 radical (unpaired) electrons. The maximum absolute atomic E-state index is 12.6. The van der Waals surface area contributed by atoms with E-state index in [2.05, 4.69) is 21.1 Å². The first-order chi connectivity index (χ1) is 13.3. The molecule has 28 heavy (non-hydrogen) atoms. The third-order valence-electron chi connectivity index (χ3n) is 4.34. The van der Waals surface area contributed by atoms with Crippen molar-refractivity contribution < 1.29 is 13.2 Å². The van der Waals surface area contributed by atoms with E-state index >= 15 is 0 Å². The van der Waals surface area contributed by atoms with Gasteiger partial charge >= 0.3 is 0 Å². The summed E-state index contributed by atoms with van der Waals surface area (Å²) in [6.45, 7) is 5.87. The Bertz CT molecular complexity index is 1090. The maximum atomic E-state index is 12.6. The zero-order valence-electron chi connectivity index (χ0n) is 16.3. The van der Waals surface area contributed by atoms with Crippen LogP contribution in [0.1, 0.15) is 16.7 Å². The van der Waals surface area contributed by atoms with Crippen LogP contribution in [0.3, 0.4) is 0 Å². The van der Waals surface area contributed by atoms with Crippen LogP contribution >= 0.6 is 0 Å². The molecule has 7 heteroatoms. The van der Waals surface area contributed by atoms with Crippen molar-refractivity contribution in [2.45, 2.75) is 25.7 Å². The molecule has 2 aromatic carbocycles. The van der Waals surface area contributed by atoms with Gasteiger partial charge in [-0.15, -0.1) is 0 Å². The van der Waals surface area contributed by atoms with Crippen molar-refractivity contribution in [1.29, 1.82) is 0 Å². The zero-order valence-corrected chi connectivity index (χ0v) is 17.1. The van der Waals surface area contributed by atoms with E-state index in [4.69, 9.17) is 4.74 Å². The minimum absolute atomic E-state index is 0.157. The van der Waals surface area contributed by atoms with E-state index in [-0.39, 0.29) is 10.7 Å². The Kier molecular flexibility index (Phi) is 5.56. The lowest BCUT2D eigenvalue weighted by molar-refractivity contribution is 0.411. The minimum Gasteiger partial charge on any atom is -0.496 e. The average molecular weight is 398 g/mol. The Morgan fingerprint density at radius 2 is 1.71 bits per heavy atom. The molecule has 0 spiro atoms. The number of hydrogen-bond acceptors (Lipinski definition) is 5. The first kappa shape index (κ1) is 19.7. The van der Waals surface area contributed by atoms with Gasteiger partial charge in [-0.1, -0.05) is 17.7 Å². The number of ether oxygens (including phenoxy) is 1. The molecule has 1 aromatic heterocycles. The minimum atomic E-state index is -3.73. The number of benzene rings is 2. The summed E-state index contributed by atoms with van der Waals surface area (Å²) < 4.78 is 32.9. The maximum Gasteiger partial charge on any atom is 0.263 e. The van der Waals surface area contributed by atoms with Gasteiger partial charge < -0.3 is 10.1 Å². The van der Waals surface area contributed by atoms with E-state index in [9.17, 15) is 8.42 Å². The van der Waals surface area contributed by atoms with Crippen molar-refractivity contribution in [3.8, 4) is 5.75 Å². The van der Waals surface area contributed by atoms with E-state index in [1.807, 2.05) is 26.0 Å². The second-order valence-corrected chi connectivity index (χ2v) is 8.29. The van der Waals surface area contributed by atoms with Gasteiger partial charge in [-0.05, 0) is 68.3 Å². The lowest BCUT2D eigenvalue weighted by atomic mass is 10.1. The number of anilines is 3. The normalized spacial score (nSPS) is 11.1. The summed E-state index contributed by atoms with van der Waals surface area (Å²) in [7, 11) is -2.18. The molecule has 0 amide bonds. The van der Waals surface area contributed by atoms with Gasteiger partial charge in [-0.25, -0.2) is 13.4 Å². The largest absolute Gasteiger partial charge is 0.496 e. The second-order valence-electron chi connectivity index (χ2n) is 6.61. The molecule has 0 bridgehead atoms. The Balaban J connectivity index is 1.75. The van der Waals surface area contributed by atoms with Crippen LogP contribution in [0.2, 0.25) is 0 Å². The van der Waals surface area contributed by atoms with E-state index < -0.39 is 10.0 Å². The Morgan fingerprint density at radius 3 is 2.32 bits per heavy atom. The van der Waals surface area contributed by atoms with Gasteiger partial charge in [0.15, 0.2) is 0 Å². The molecular formula is C21H23N3O3S. The fourth-order valence-corrected chi connectivity index (χ4v) is 3.95. The highest BCUT2D eigenvalue weighted by molar-refractivity contribution is 7.92. The highest BCUT2D eigenvalue weighted by Gasteiger charge is 2.16. The van der Waals surface area contributed by atoms with Crippen molar-refractivity contribution in [1.82, 2.24) is 4.98 Å². The lowest BCUT2D eigenvalue weighted by Gasteiger charge is -2.12. The molecule has 146 valence electrons. The summed E-state index contributed by atoms with van der Waals surface area (Å²) in [5, 5.41) is 3.29. The average Bonchev–Trinajstić information content (AvgIpc) is 2.65. The van der Waals surface area contributed by atoms with Crippen molar-refractivity contribution in [2.24, 2.45) is 0 Å². The Morgan fingerprint density at radius 1 is 0.929 bits per heavy atom. The first-order valence-electron chi connectivity index (χ1n) is 8.76. The lowest BCUT2D eigenvalue weighted by Crippen LogP contribution is -2.14. The SMILES string of the molecule is COc1ccc(S(=O)(=O)Nc2ccc(Nc3ccc(C)cc3C)cn2)cc1C. The summed E-state index contributed by atoms with van der Waals surface area (Å²) in [4.78, 5) is 4.37. The summed E-state index contributed by atoms with van der Waals surface area (Å²) in [6, 6.07) is 14.2. The summed E-state index contributed by atoms with van der Waals surface area (Å²) in [6.07, 6.45) is 1.59. The highest BCUT2D eigenvalue weighted by Crippen LogP contribution is 2.24. The molecular weight excluding hydrogens is 374 g/mol. The number of sulfonamides is 1. The number of hydrogen-bond donors (Lipinski definition) is 2. The van der Waals surface area contributed by atoms with Crippen LogP contribution in [-0.2, 0) is 10.0 Å². The van der Waals surface area contributed by atoms with Crippen molar-refractivity contribution in [2.75, 3.05) is 17.1 Å². The van der Waals surface area contributed by atoms with Crippen LogP contribution in [0.25, 0.3) is 0 Å². The van der Waals surface area contributed by atoms with Crippen LogP contribution in [0.4, 0.5) is 17.2 Å². The number of aryl methyl sites for hydroxylation is 3. The highest BCUT2D eigenvalue weighted by atomic mass is 32.2. The van der Waals surface area contributed by atoms with E-state index in [0.29, 0.717) is 5.75 Å². The number of pyridine rings is 1. The molecule has 2 N–H and O–H groups in total. The van der Waals surface area contributed by atoms with Gasteiger partial charge in [0.1, 0.15) is 11.6 Å². The Hall–Kier alpha value is -3.06. The first-order valence-corrected chi connectivity index (χ1v) is 10.2. The van der Waals surface area contributed by atoms with Gasteiger partial charge in [0.2, 0.25) is 0 Å². The molecule has 1 heterocycles. The van der Waals surface area contributed by atoms with Crippen LogP contribution < -0.4 is 14.8 Å². The molecule has 0 aliphatic heterocycles. The van der Waals surface area contributed by atoms with E-state index in [0.717, 1.165) is 22.5 Å². The van der Waals surface area contributed by atoms with Crippen molar-refractivity contribution in [3.63, 3.8) is 0 Å². The molecule has 0 saturated heterocycles. The molecule has 6 nitrogen and oxygen atoms in total. The topological polar surface area (TPSA) is 80.3 Å². The van der Waals surface area contributed by atoms with Gasteiger partial charge in [0.25, 0.3) is 10.0 Å². The Labute approximate surface area is 165 Å². The fourth-order valence-electron chi connectivity index (χ4n) is 2.85. The summed E-state index contributed by atoms with van der Waals surface area (Å²) in [5.74, 6) is 0.888. The quantitative estimate of drug-likeness (QED) is 0.637. The smallest absolute Gasteiger partial charge is 0.263 e. The number of nitrogens with one attached hydrogen (secondary N) is 2. The molecule has 3 rings (SSSR count). The van der Waals surface area contributed by atoms with Crippen LogP contribution in [-0.4, -0.2) is 20.5 Å². The molecule has 0 unspecified atom stereocenters. The third kappa shape index (κ3) is 4.43. The van der Waals surface area contributed by atoms with Gasteiger partial charge in [-0.3, -0.25) is 4.72 Å². The molecule has 3 aromatic rings. The number of rotatable bonds is 6. The zero-order chi connectivity index (χ0) is 20.3. The van der Waals surface area contributed by atoms with E-state index in [1.165, 1.54) is 11.6 Å². The molecule has 0 fully saturated rings. The van der Waals surface area contributed by atoms with Crippen LogP contribution in [0.5, 0.6) is 5.75 Å². The third-order valence-corrected chi connectivity index (χ3v) is 5.69. The molecule has 0 aliphatic rings. The van der Waals surface area contributed by atoms with Crippen LogP contribution in [0, 0.1) is 20.8 Å². The summed E-state index contributed by atoms with van der Waals surface area (Å²) >= 11 is 0. The van der Waals surface area contributed by atoms with Crippen molar-refractivity contribution >= 4 is 27.2 Å². The molecule has 0 aliphatic carbocycles. The molecule has 0 atom stereocenters. The van der Waals surface area contributed by atoms with E-state index in [1.54, 1.807) is 44.5 Å². The van der Waals surface area contributed by atoms with Gasteiger partial charge in [-0.2, -0.15) is 0 Å². The standard InChI is InChI=1S/C21H23N3O3S/c1-14-5-8-19(15(2)11-14)23-17-6-10-21(22-13-17)24-28(25,26)18-7-9-20(27-4)16(3)12-18/h5-13,23H,1-4H3,(H,22,24). The van der Waals surface area contributed by atoms with Crippen molar-refractivity contribution in [3.05, 3.63) is 71.4 Å². The predicted octanol–water partition coefficient (Wildman–Crippen LogP) is 4.56. The fraction of sp³-hybridized carbons (Fsp3) is 0.190. The van der Waals surface area contributed by atoms with Crippen LogP contribution in [0.15, 0.2) is 59.6 Å². The summed E-state index contributed by atoms with van der Waals surface area (Å²) in [5.41, 5.74) is 4.82. The number of nitrogens with zero attached hydrogens (tertiary/aromatic N) is 1.